The molecule has 1 heteroatoms. The third kappa shape index (κ3) is 4.26. The molecular formula is C48H30O. The highest BCUT2D eigenvalue weighted by molar-refractivity contribution is 6.34. The first kappa shape index (κ1) is 27.7. The van der Waals surface area contributed by atoms with Gasteiger partial charge in [-0.25, -0.2) is 0 Å². The van der Waals surface area contributed by atoms with Crippen molar-refractivity contribution in [3.05, 3.63) is 182 Å². The van der Waals surface area contributed by atoms with E-state index in [2.05, 4.69) is 182 Å². The Morgan fingerprint density at radius 3 is 1.41 bits per heavy atom. The molecule has 0 aliphatic rings. The molecule has 0 bridgehead atoms. The lowest BCUT2D eigenvalue weighted by Crippen LogP contribution is -1.94. The number of rotatable bonds is 4. The van der Waals surface area contributed by atoms with Crippen LogP contribution in [-0.4, -0.2) is 0 Å². The molecule has 0 saturated heterocycles. The van der Waals surface area contributed by atoms with E-state index in [1.807, 2.05) is 0 Å². The summed E-state index contributed by atoms with van der Waals surface area (Å²) in [6.07, 6.45) is 0. The lowest BCUT2D eigenvalue weighted by Gasteiger charge is -2.21. The smallest absolute Gasteiger partial charge is 0.143 e. The number of furan rings is 1. The number of benzene rings is 9. The lowest BCUT2D eigenvalue weighted by molar-refractivity contribution is 0.670. The zero-order valence-corrected chi connectivity index (χ0v) is 26.7. The molecule has 0 N–H and O–H groups in total. The molecule has 1 heterocycles. The molecular weight excluding hydrogens is 593 g/mol. The standard InChI is InChI=1S/C48H30O/c1-4-16-31(17-5-1)34-28-29-39(36-23-11-10-22-35(34)36)45-38-25-13-12-24-37(38)44(33-20-8-3-9-21-33)46-42(45)30-41(32-18-6-2-7-19-32)48-47(46)40-26-14-15-27-43(40)49-48/h1-30H. The summed E-state index contributed by atoms with van der Waals surface area (Å²) < 4.78 is 6.83. The quantitative estimate of drug-likeness (QED) is 0.178. The molecule has 0 aliphatic carbocycles. The Labute approximate surface area is 284 Å². The second kappa shape index (κ2) is 11.1. The second-order valence-electron chi connectivity index (χ2n) is 12.7. The van der Waals surface area contributed by atoms with Crippen LogP contribution in [0.3, 0.4) is 0 Å². The van der Waals surface area contributed by atoms with Gasteiger partial charge in [0.15, 0.2) is 0 Å². The van der Waals surface area contributed by atoms with Crippen molar-refractivity contribution in [2.24, 2.45) is 0 Å². The van der Waals surface area contributed by atoms with Crippen LogP contribution in [0.25, 0.3) is 98.8 Å². The van der Waals surface area contributed by atoms with Crippen LogP contribution in [0.1, 0.15) is 0 Å². The van der Waals surface area contributed by atoms with Crippen LogP contribution in [0, 0.1) is 0 Å². The molecule has 0 spiro atoms. The van der Waals surface area contributed by atoms with Crippen LogP contribution in [-0.2, 0) is 0 Å². The summed E-state index contributed by atoms with van der Waals surface area (Å²) in [5, 5.41) is 9.66. The van der Waals surface area contributed by atoms with E-state index in [9.17, 15) is 0 Å². The van der Waals surface area contributed by atoms with Crippen LogP contribution in [0.15, 0.2) is 186 Å². The van der Waals surface area contributed by atoms with E-state index in [1.54, 1.807) is 0 Å². The van der Waals surface area contributed by atoms with Gasteiger partial charge < -0.3 is 4.42 Å². The minimum atomic E-state index is 0.897. The molecule has 9 aromatic carbocycles. The normalized spacial score (nSPS) is 11.7. The molecule has 10 aromatic rings. The van der Waals surface area contributed by atoms with Crippen LogP contribution in [0.5, 0.6) is 0 Å². The van der Waals surface area contributed by atoms with E-state index in [-0.39, 0.29) is 0 Å². The van der Waals surface area contributed by atoms with Gasteiger partial charge in [0.25, 0.3) is 0 Å². The fourth-order valence-electron chi connectivity index (χ4n) is 7.97. The molecule has 228 valence electrons. The molecule has 0 fully saturated rings. The first-order valence-electron chi connectivity index (χ1n) is 16.9. The van der Waals surface area contributed by atoms with Gasteiger partial charge in [-0.3, -0.25) is 0 Å². The number of hydrogen-bond acceptors (Lipinski definition) is 1. The average molecular weight is 623 g/mol. The Balaban J connectivity index is 1.47. The van der Waals surface area contributed by atoms with E-state index in [4.69, 9.17) is 4.42 Å². The Kier molecular flexibility index (Phi) is 6.25. The van der Waals surface area contributed by atoms with Gasteiger partial charge in [-0.1, -0.05) is 170 Å². The van der Waals surface area contributed by atoms with Gasteiger partial charge in [-0.05, 0) is 78.0 Å². The summed E-state index contributed by atoms with van der Waals surface area (Å²) in [4.78, 5) is 0. The van der Waals surface area contributed by atoms with Crippen LogP contribution in [0.4, 0.5) is 0 Å². The lowest BCUT2D eigenvalue weighted by atomic mass is 9.81. The second-order valence-corrected chi connectivity index (χ2v) is 12.7. The zero-order valence-electron chi connectivity index (χ0n) is 26.7. The van der Waals surface area contributed by atoms with Crippen LogP contribution in [0.2, 0.25) is 0 Å². The number of fused-ring (bicyclic) bond motifs is 7. The molecule has 0 amide bonds. The van der Waals surface area contributed by atoms with Crippen molar-refractivity contribution in [3.8, 4) is 44.5 Å². The maximum absolute atomic E-state index is 6.83. The third-order valence-electron chi connectivity index (χ3n) is 10.1. The monoisotopic (exact) mass is 622 g/mol. The predicted molar refractivity (Wildman–Crippen MR) is 208 cm³/mol. The minimum absolute atomic E-state index is 0.897. The summed E-state index contributed by atoms with van der Waals surface area (Å²) in [7, 11) is 0. The van der Waals surface area contributed by atoms with Gasteiger partial charge in [0.2, 0.25) is 0 Å². The van der Waals surface area contributed by atoms with Crippen LogP contribution < -0.4 is 0 Å². The average Bonchev–Trinajstić information content (AvgIpc) is 3.57. The van der Waals surface area contributed by atoms with E-state index in [0.717, 1.165) is 33.1 Å². The molecule has 49 heavy (non-hydrogen) atoms. The van der Waals surface area contributed by atoms with Crippen molar-refractivity contribution in [1.82, 2.24) is 0 Å². The van der Waals surface area contributed by atoms with Gasteiger partial charge in [0.1, 0.15) is 11.2 Å². The summed E-state index contributed by atoms with van der Waals surface area (Å²) in [5.74, 6) is 0. The fraction of sp³-hybridized carbons (Fsp3) is 0. The molecule has 0 unspecified atom stereocenters. The van der Waals surface area contributed by atoms with Gasteiger partial charge in [0.05, 0.1) is 0 Å². The summed E-state index contributed by atoms with van der Waals surface area (Å²) in [6.45, 7) is 0. The van der Waals surface area contributed by atoms with Gasteiger partial charge in [-0.2, -0.15) is 0 Å². The molecule has 0 atom stereocenters. The number of para-hydroxylation sites is 1. The molecule has 1 nitrogen and oxygen atoms in total. The molecule has 10 rings (SSSR count). The Bertz CT molecular complexity index is 2850. The molecule has 0 saturated carbocycles. The largest absolute Gasteiger partial charge is 0.455 e. The van der Waals surface area contributed by atoms with Crippen molar-refractivity contribution < 1.29 is 4.42 Å². The SMILES string of the molecule is c1ccc(-c2ccc(-c3c4ccccc4c(-c4ccccc4)c4c3cc(-c3ccccc3)c3oc5ccccc5c34)c3ccccc23)cc1. The predicted octanol–water partition coefficient (Wildman–Crippen LogP) is 13.7. The minimum Gasteiger partial charge on any atom is -0.455 e. The topological polar surface area (TPSA) is 13.1 Å². The van der Waals surface area contributed by atoms with Gasteiger partial charge >= 0.3 is 0 Å². The van der Waals surface area contributed by atoms with Crippen molar-refractivity contribution in [2.75, 3.05) is 0 Å². The molecule has 1 aromatic heterocycles. The van der Waals surface area contributed by atoms with Crippen molar-refractivity contribution in [2.45, 2.75) is 0 Å². The number of hydrogen-bond donors (Lipinski definition) is 0. The van der Waals surface area contributed by atoms with Crippen molar-refractivity contribution >= 4 is 54.3 Å². The summed E-state index contributed by atoms with van der Waals surface area (Å²) >= 11 is 0. The van der Waals surface area contributed by atoms with Gasteiger partial charge in [-0.15, -0.1) is 0 Å². The Morgan fingerprint density at radius 2 is 0.755 bits per heavy atom. The molecule has 0 radical (unpaired) electrons. The zero-order chi connectivity index (χ0) is 32.3. The molecule has 0 aliphatic heterocycles. The first-order chi connectivity index (χ1) is 24.3. The van der Waals surface area contributed by atoms with E-state index >= 15 is 0 Å². The van der Waals surface area contributed by atoms with Crippen molar-refractivity contribution in [1.29, 1.82) is 0 Å². The highest BCUT2D eigenvalue weighted by Crippen LogP contribution is 2.51. The van der Waals surface area contributed by atoms with Crippen molar-refractivity contribution in [3.63, 3.8) is 0 Å². The highest BCUT2D eigenvalue weighted by Gasteiger charge is 2.25. The van der Waals surface area contributed by atoms with E-state index in [1.165, 1.54) is 65.7 Å². The highest BCUT2D eigenvalue weighted by atomic mass is 16.3. The van der Waals surface area contributed by atoms with Crippen LogP contribution >= 0.6 is 0 Å². The van der Waals surface area contributed by atoms with Gasteiger partial charge in [0, 0.05) is 21.7 Å². The summed E-state index contributed by atoms with van der Waals surface area (Å²) in [5.41, 5.74) is 11.4. The first-order valence-corrected chi connectivity index (χ1v) is 16.9. The van der Waals surface area contributed by atoms with E-state index < -0.39 is 0 Å². The Hall–Kier alpha value is -6.44. The third-order valence-corrected chi connectivity index (χ3v) is 10.1. The Morgan fingerprint density at radius 1 is 0.286 bits per heavy atom. The maximum atomic E-state index is 6.83. The summed E-state index contributed by atoms with van der Waals surface area (Å²) in [6, 6.07) is 65.6. The maximum Gasteiger partial charge on any atom is 0.143 e. The van der Waals surface area contributed by atoms with E-state index in [0.29, 0.717) is 0 Å². The fourth-order valence-corrected chi connectivity index (χ4v) is 7.97.